The van der Waals surface area contributed by atoms with Crippen molar-refractivity contribution in [1.29, 1.82) is 0 Å². The van der Waals surface area contributed by atoms with Gasteiger partial charge in [-0.3, -0.25) is 9.59 Å². The number of hydrogen-bond acceptors (Lipinski definition) is 6. The number of fused-ring (bicyclic) bond motifs is 1. The number of imide groups is 1. The molecule has 0 aromatic heterocycles. The number of carbonyl (C=O) groups excluding carboxylic acids is 3. The number of nitrogens with zero attached hydrogens (tertiary/aromatic N) is 1. The van der Waals surface area contributed by atoms with Crippen molar-refractivity contribution in [3.8, 4) is 0 Å². The van der Waals surface area contributed by atoms with E-state index in [-0.39, 0.29) is 33.6 Å². The largest absolute Gasteiger partial charge is 0.461 e. The zero-order chi connectivity index (χ0) is 16.7. The van der Waals surface area contributed by atoms with E-state index in [1.807, 2.05) is 0 Å². The van der Waals surface area contributed by atoms with Crippen LogP contribution in [-0.2, 0) is 19.1 Å². The van der Waals surface area contributed by atoms with Gasteiger partial charge in [-0.1, -0.05) is 23.2 Å². The van der Waals surface area contributed by atoms with Gasteiger partial charge < -0.3 is 10.2 Å². The molecule has 2 aliphatic heterocycles. The van der Waals surface area contributed by atoms with Gasteiger partial charge in [0.15, 0.2) is 0 Å². The molecule has 1 saturated heterocycles. The summed E-state index contributed by atoms with van der Waals surface area (Å²) < 4.78 is 4.87. The third kappa shape index (κ3) is 2.56. The van der Waals surface area contributed by atoms with Gasteiger partial charge in [-0.25, -0.2) is 15.1 Å². The van der Waals surface area contributed by atoms with Crippen molar-refractivity contribution in [3.63, 3.8) is 0 Å². The highest BCUT2D eigenvalue weighted by Crippen LogP contribution is 2.33. The van der Waals surface area contributed by atoms with Crippen molar-refractivity contribution >= 4 is 46.7 Å². The highest BCUT2D eigenvalue weighted by Gasteiger charge is 2.50. The summed E-state index contributed by atoms with van der Waals surface area (Å²) in [5, 5.41) is 0.576. The number of halogens is 2. The summed E-state index contributed by atoms with van der Waals surface area (Å²) in [5.74, 6) is -1.86. The molecular formula is C14H11Cl2N3O4. The maximum Gasteiger partial charge on any atom is 0.356 e. The highest BCUT2D eigenvalue weighted by atomic mass is 35.5. The Labute approximate surface area is 141 Å². The molecule has 0 radical (unpaired) electrons. The molecule has 1 fully saturated rings. The average molecular weight is 356 g/mol. The molecule has 2 aliphatic rings. The minimum Gasteiger partial charge on any atom is -0.461 e. The first-order chi connectivity index (χ1) is 10.9. The van der Waals surface area contributed by atoms with Gasteiger partial charge in [0, 0.05) is 10.0 Å². The van der Waals surface area contributed by atoms with E-state index in [2.05, 4.69) is 10.9 Å². The van der Waals surface area contributed by atoms with E-state index in [1.54, 1.807) is 6.92 Å². The lowest BCUT2D eigenvalue weighted by molar-refractivity contribution is -0.139. The molecule has 23 heavy (non-hydrogen) atoms. The molecule has 1 aromatic rings. The predicted octanol–water partition coefficient (Wildman–Crippen LogP) is 1.16. The quantitative estimate of drug-likeness (QED) is 0.624. The lowest BCUT2D eigenvalue weighted by Gasteiger charge is -2.16. The summed E-state index contributed by atoms with van der Waals surface area (Å²) >= 11 is 11.8. The van der Waals surface area contributed by atoms with E-state index in [0.29, 0.717) is 0 Å². The van der Waals surface area contributed by atoms with Crippen LogP contribution in [0.5, 0.6) is 0 Å². The number of hydrazine groups is 1. The molecule has 2 amide bonds. The Bertz CT molecular complexity index is 742. The van der Waals surface area contributed by atoms with Gasteiger partial charge in [-0.05, 0) is 25.1 Å². The summed E-state index contributed by atoms with van der Waals surface area (Å²) in [6.45, 7) is 1.79. The molecule has 3 rings (SSSR count). The monoisotopic (exact) mass is 355 g/mol. The van der Waals surface area contributed by atoms with Crippen LogP contribution in [-0.4, -0.2) is 30.4 Å². The molecule has 1 aromatic carbocycles. The van der Waals surface area contributed by atoms with Crippen LogP contribution < -0.4 is 15.8 Å². The summed E-state index contributed by atoms with van der Waals surface area (Å²) in [6.07, 6.45) is 0. The van der Waals surface area contributed by atoms with Crippen molar-refractivity contribution in [1.82, 2.24) is 10.9 Å². The van der Waals surface area contributed by atoms with Gasteiger partial charge in [0.2, 0.25) is 0 Å². The fourth-order valence-electron chi connectivity index (χ4n) is 2.47. The molecular weight excluding hydrogens is 345 g/mol. The molecule has 0 saturated carbocycles. The van der Waals surface area contributed by atoms with Gasteiger partial charge in [-0.15, -0.1) is 0 Å². The van der Waals surface area contributed by atoms with Crippen LogP contribution in [0, 0.1) is 0 Å². The Balaban J connectivity index is 2.03. The number of carbonyl (C=O) groups is 3. The summed E-state index contributed by atoms with van der Waals surface area (Å²) in [4.78, 5) is 37.9. The number of ether oxygens (including phenoxy) is 1. The van der Waals surface area contributed by atoms with Crippen LogP contribution in [0.25, 0.3) is 0 Å². The van der Waals surface area contributed by atoms with E-state index in [4.69, 9.17) is 27.9 Å². The maximum atomic E-state index is 12.6. The second-order valence-electron chi connectivity index (χ2n) is 4.82. The first-order valence-corrected chi connectivity index (χ1v) is 7.47. The first-order valence-electron chi connectivity index (χ1n) is 6.71. The van der Waals surface area contributed by atoms with Crippen molar-refractivity contribution in [2.24, 2.45) is 0 Å². The van der Waals surface area contributed by atoms with Crippen LogP contribution in [0.15, 0.2) is 29.5 Å². The molecule has 0 aliphatic carbocycles. The molecule has 120 valence electrons. The molecule has 9 heteroatoms. The third-order valence-corrected chi connectivity index (χ3v) is 3.82. The van der Waals surface area contributed by atoms with Crippen LogP contribution in [0.3, 0.4) is 0 Å². The molecule has 0 spiro atoms. The number of anilines is 1. The molecule has 2 N–H and O–H groups in total. The molecule has 2 heterocycles. The lowest BCUT2D eigenvalue weighted by atomic mass is 10.1. The van der Waals surface area contributed by atoms with Crippen LogP contribution in [0.2, 0.25) is 10.0 Å². The minimum absolute atomic E-state index is 0.0181. The predicted molar refractivity (Wildman–Crippen MR) is 82.7 cm³/mol. The summed E-state index contributed by atoms with van der Waals surface area (Å²) in [5.41, 5.74) is 5.34. The Morgan fingerprint density at radius 2 is 1.91 bits per heavy atom. The van der Waals surface area contributed by atoms with Crippen molar-refractivity contribution in [2.75, 3.05) is 11.5 Å². The number of amides is 2. The molecule has 0 unspecified atom stereocenters. The van der Waals surface area contributed by atoms with Crippen molar-refractivity contribution in [2.45, 2.75) is 13.0 Å². The Kier molecular flexibility index (Phi) is 4.01. The van der Waals surface area contributed by atoms with E-state index < -0.39 is 23.8 Å². The first kappa shape index (κ1) is 15.8. The smallest absolute Gasteiger partial charge is 0.356 e. The number of rotatable bonds is 3. The van der Waals surface area contributed by atoms with Gasteiger partial charge in [-0.2, -0.15) is 0 Å². The Hall–Kier alpha value is -2.09. The number of hydrogen-bond donors (Lipinski definition) is 2. The van der Waals surface area contributed by atoms with Gasteiger partial charge in [0.25, 0.3) is 11.8 Å². The number of esters is 1. The fraction of sp³-hybridized carbons (Fsp3) is 0.214. The minimum atomic E-state index is -0.959. The average Bonchev–Trinajstić information content (AvgIpc) is 2.99. The standard InChI is InChI=1S/C14H11Cl2N3O4/c1-2-23-14(22)11-9-10(17-18-11)13(21)19(12(9)20)8-4-6(15)3-7(16)5-8/h3-5,10,17-18H,2H2,1H3/t10-/m1/s1. The second-order valence-corrected chi connectivity index (χ2v) is 5.69. The second kappa shape index (κ2) is 5.84. The van der Waals surface area contributed by atoms with Crippen LogP contribution in [0.1, 0.15) is 6.92 Å². The highest BCUT2D eigenvalue weighted by molar-refractivity contribution is 6.37. The normalized spacial score (nSPS) is 20.0. The van der Waals surface area contributed by atoms with Gasteiger partial charge >= 0.3 is 5.97 Å². The third-order valence-electron chi connectivity index (χ3n) is 3.39. The zero-order valence-electron chi connectivity index (χ0n) is 11.9. The van der Waals surface area contributed by atoms with Crippen LogP contribution >= 0.6 is 23.2 Å². The van der Waals surface area contributed by atoms with E-state index >= 15 is 0 Å². The molecule has 0 bridgehead atoms. The lowest BCUT2D eigenvalue weighted by Crippen LogP contribution is -2.42. The Morgan fingerprint density at radius 1 is 1.26 bits per heavy atom. The summed E-state index contributed by atoms with van der Waals surface area (Å²) in [6, 6.07) is 3.42. The number of benzene rings is 1. The van der Waals surface area contributed by atoms with E-state index in [0.717, 1.165) is 4.90 Å². The topological polar surface area (TPSA) is 87.7 Å². The van der Waals surface area contributed by atoms with E-state index in [1.165, 1.54) is 18.2 Å². The Morgan fingerprint density at radius 3 is 2.52 bits per heavy atom. The van der Waals surface area contributed by atoms with Crippen molar-refractivity contribution < 1.29 is 19.1 Å². The molecule has 1 atom stereocenters. The van der Waals surface area contributed by atoms with Crippen LogP contribution in [0.4, 0.5) is 5.69 Å². The van der Waals surface area contributed by atoms with Gasteiger partial charge in [0.05, 0.1) is 17.9 Å². The zero-order valence-corrected chi connectivity index (χ0v) is 13.4. The van der Waals surface area contributed by atoms with Gasteiger partial charge in [0.1, 0.15) is 11.7 Å². The number of nitrogens with one attached hydrogen (secondary N) is 2. The van der Waals surface area contributed by atoms with Crippen molar-refractivity contribution in [3.05, 3.63) is 39.5 Å². The molecule has 7 nitrogen and oxygen atoms in total. The maximum absolute atomic E-state index is 12.6. The van der Waals surface area contributed by atoms with E-state index in [9.17, 15) is 14.4 Å². The summed E-state index contributed by atoms with van der Waals surface area (Å²) in [7, 11) is 0. The SMILES string of the molecule is CCOC(=O)C1=C2C(=O)N(c3cc(Cl)cc(Cl)c3)C(=O)[C@@H]2NN1. The fourth-order valence-corrected chi connectivity index (χ4v) is 2.99.